The lowest BCUT2D eigenvalue weighted by Gasteiger charge is -1.98. The zero-order valence-corrected chi connectivity index (χ0v) is 9.90. The van der Waals surface area contributed by atoms with Crippen molar-refractivity contribution in [3.05, 3.63) is 36.0 Å². The summed E-state index contributed by atoms with van der Waals surface area (Å²) in [6.45, 7) is 0. The van der Waals surface area contributed by atoms with E-state index >= 15 is 0 Å². The minimum atomic E-state index is -1.13. The predicted molar refractivity (Wildman–Crippen MR) is 67.7 cm³/mol. The summed E-state index contributed by atoms with van der Waals surface area (Å²) in [5, 5.41) is 11.5. The Morgan fingerprint density at radius 2 is 2.17 bits per heavy atom. The minimum Gasteiger partial charge on any atom is -0.478 e. The largest absolute Gasteiger partial charge is 0.478 e. The van der Waals surface area contributed by atoms with Gasteiger partial charge in [0, 0.05) is 6.20 Å². The monoisotopic (exact) mass is 263 g/mol. The zero-order chi connectivity index (χ0) is 13.1. The normalized spacial score (nSPS) is 10.0. The molecule has 7 heteroatoms. The number of anilines is 1. The highest BCUT2D eigenvalue weighted by atomic mass is 32.1. The Morgan fingerprint density at radius 3 is 2.72 bits per heavy atom. The molecule has 0 spiro atoms. The van der Waals surface area contributed by atoms with E-state index < -0.39 is 12.0 Å². The first-order chi connectivity index (χ1) is 8.58. The molecule has 0 aliphatic rings. The SMILES string of the molecule is NC(=O)Nc1sc(-c2ccccn2)cc1C(=O)O. The predicted octanol–water partition coefficient (Wildman–Crippen LogP) is 2.00. The van der Waals surface area contributed by atoms with Crippen LogP contribution in [0.5, 0.6) is 0 Å². The molecule has 92 valence electrons. The summed E-state index contributed by atoms with van der Waals surface area (Å²) in [5.41, 5.74) is 5.63. The molecule has 2 aromatic heterocycles. The number of primary amides is 1. The van der Waals surface area contributed by atoms with Crippen LogP contribution in [-0.4, -0.2) is 22.1 Å². The van der Waals surface area contributed by atoms with Crippen LogP contribution in [0.1, 0.15) is 10.4 Å². The van der Waals surface area contributed by atoms with Crippen LogP contribution in [0, 0.1) is 0 Å². The van der Waals surface area contributed by atoms with Crippen molar-refractivity contribution in [3.8, 4) is 10.6 Å². The third-order valence-corrected chi connectivity index (χ3v) is 3.19. The van der Waals surface area contributed by atoms with Crippen LogP contribution < -0.4 is 11.1 Å². The topological polar surface area (TPSA) is 105 Å². The highest BCUT2D eigenvalue weighted by Gasteiger charge is 2.17. The number of amides is 2. The van der Waals surface area contributed by atoms with Crippen LogP contribution in [0.25, 0.3) is 10.6 Å². The molecular formula is C11H9N3O3S. The van der Waals surface area contributed by atoms with Gasteiger partial charge in [0.05, 0.1) is 16.1 Å². The van der Waals surface area contributed by atoms with Crippen LogP contribution in [0.4, 0.5) is 9.80 Å². The van der Waals surface area contributed by atoms with Crippen molar-refractivity contribution in [3.63, 3.8) is 0 Å². The van der Waals surface area contributed by atoms with Crippen molar-refractivity contribution in [2.24, 2.45) is 5.73 Å². The van der Waals surface area contributed by atoms with Crippen molar-refractivity contribution in [2.45, 2.75) is 0 Å². The lowest BCUT2D eigenvalue weighted by molar-refractivity contribution is 0.0698. The number of nitrogens with one attached hydrogen (secondary N) is 1. The molecular weight excluding hydrogens is 254 g/mol. The fraction of sp³-hybridized carbons (Fsp3) is 0. The van der Waals surface area contributed by atoms with Gasteiger partial charge in [0.2, 0.25) is 0 Å². The van der Waals surface area contributed by atoms with Crippen LogP contribution >= 0.6 is 11.3 Å². The summed E-state index contributed by atoms with van der Waals surface area (Å²) in [7, 11) is 0. The maximum absolute atomic E-state index is 11.0. The Bertz CT molecular complexity index is 595. The van der Waals surface area contributed by atoms with E-state index in [0.29, 0.717) is 10.6 Å². The van der Waals surface area contributed by atoms with Crippen LogP contribution in [0.2, 0.25) is 0 Å². The Kier molecular flexibility index (Phi) is 3.24. The number of hydrogen-bond donors (Lipinski definition) is 3. The molecule has 0 atom stereocenters. The van der Waals surface area contributed by atoms with Crippen molar-refractivity contribution in [1.29, 1.82) is 0 Å². The lowest BCUT2D eigenvalue weighted by atomic mass is 10.2. The van der Waals surface area contributed by atoms with Crippen molar-refractivity contribution >= 4 is 28.3 Å². The van der Waals surface area contributed by atoms with Gasteiger partial charge in [0.1, 0.15) is 5.00 Å². The molecule has 0 saturated heterocycles. The average Bonchev–Trinajstić information content (AvgIpc) is 2.73. The summed E-state index contributed by atoms with van der Waals surface area (Å²) in [6.07, 6.45) is 1.61. The van der Waals surface area contributed by atoms with E-state index in [-0.39, 0.29) is 10.6 Å². The molecule has 0 fully saturated rings. The second-order valence-electron chi connectivity index (χ2n) is 3.36. The number of carbonyl (C=O) groups is 2. The number of thiophene rings is 1. The number of carbonyl (C=O) groups excluding carboxylic acids is 1. The van der Waals surface area contributed by atoms with Gasteiger partial charge >= 0.3 is 12.0 Å². The maximum Gasteiger partial charge on any atom is 0.338 e. The van der Waals surface area contributed by atoms with Crippen molar-refractivity contribution in [1.82, 2.24) is 4.98 Å². The molecule has 2 heterocycles. The first-order valence-electron chi connectivity index (χ1n) is 4.93. The van der Waals surface area contributed by atoms with E-state index in [1.165, 1.54) is 6.07 Å². The lowest BCUT2D eigenvalue weighted by Crippen LogP contribution is -2.19. The molecule has 6 nitrogen and oxygen atoms in total. The van der Waals surface area contributed by atoms with Gasteiger partial charge in [0.15, 0.2) is 0 Å². The van der Waals surface area contributed by atoms with Gasteiger partial charge < -0.3 is 10.8 Å². The summed E-state index contributed by atoms with van der Waals surface area (Å²) >= 11 is 1.11. The van der Waals surface area contributed by atoms with Gasteiger partial charge in [-0.1, -0.05) is 6.07 Å². The van der Waals surface area contributed by atoms with Crippen molar-refractivity contribution in [2.75, 3.05) is 5.32 Å². The average molecular weight is 263 g/mol. The molecule has 0 saturated carbocycles. The number of nitrogens with zero attached hydrogens (tertiary/aromatic N) is 1. The summed E-state index contributed by atoms with van der Waals surface area (Å²) in [4.78, 5) is 26.6. The standard InChI is InChI=1S/C11H9N3O3S/c12-11(17)14-9-6(10(15)16)5-8(18-9)7-3-1-2-4-13-7/h1-5H,(H,15,16)(H3,12,14,17). The van der Waals surface area contributed by atoms with Gasteiger partial charge in [0.25, 0.3) is 0 Å². The molecule has 2 aromatic rings. The summed E-state index contributed by atoms with van der Waals surface area (Å²) < 4.78 is 0. The van der Waals surface area contributed by atoms with Gasteiger partial charge in [-0.15, -0.1) is 11.3 Å². The van der Waals surface area contributed by atoms with Gasteiger partial charge in [-0.3, -0.25) is 10.3 Å². The quantitative estimate of drug-likeness (QED) is 0.787. The molecule has 0 radical (unpaired) electrons. The Hall–Kier alpha value is -2.41. The van der Waals surface area contributed by atoms with Crippen LogP contribution in [0.3, 0.4) is 0 Å². The highest BCUT2D eigenvalue weighted by Crippen LogP contribution is 2.34. The number of hydrogen-bond acceptors (Lipinski definition) is 4. The second-order valence-corrected chi connectivity index (χ2v) is 4.42. The number of carboxylic acids is 1. The highest BCUT2D eigenvalue weighted by molar-refractivity contribution is 7.20. The third-order valence-electron chi connectivity index (χ3n) is 2.12. The van der Waals surface area contributed by atoms with E-state index in [0.717, 1.165) is 11.3 Å². The molecule has 0 aliphatic carbocycles. The zero-order valence-electron chi connectivity index (χ0n) is 9.08. The van der Waals surface area contributed by atoms with E-state index in [1.807, 2.05) is 0 Å². The fourth-order valence-corrected chi connectivity index (χ4v) is 2.42. The van der Waals surface area contributed by atoms with Gasteiger partial charge in [-0.25, -0.2) is 9.59 Å². The summed E-state index contributed by atoms with van der Waals surface area (Å²) in [5.74, 6) is -1.13. The molecule has 18 heavy (non-hydrogen) atoms. The molecule has 2 amide bonds. The van der Waals surface area contributed by atoms with Gasteiger partial charge in [-0.2, -0.15) is 0 Å². The summed E-state index contributed by atoms with van der Waals surface area (Å²) in [6, 6.07) is 5.97. The molecule has 0 unspecified atom stereocenters. The smallest absolute Gasteiger partial charge is 0.338 e. The van der Waals surface area contributed by atoms with Crippen LogP contribution in [-0.2, 0) is 0 Å². The number of urea groups is 1. The van der Waals surface area contributed by atoms with E-state index in [2.05, 4.69) is 10.3 Å². The number of carboxylic acid groups (broad SMARTS) is 1. The van der Waals surface area contributed by atoms with Crippen LogP contribution in [0.15, 0.2) is 30.5 Å². The van der Waals surface area contributed by atoms with Gasteiger partial charge in [-0.05, 0) is 18.2 Å². The number of rotatable bonds is 3. The second kappa shape index (κ2) is 4.84. The third kappa shape index (κ3) is 2.46. The van der Waals surface area contributed by atoms with E-state index in [1.54, 1.807) is 24.4 Å². The maximum atomic E-state index is 11.0. The molecule has 0 aromatic carbocycles. The van der Waals surface area contributed by atoms with Crippen molar-refractivity contribution < 1.29 is 14.7 Å². The number of nitrogens with two attached hydrogens (primary N) is 1. The first kappa shape index (κ1) is 12.1. The molecule has 4 N–H and O–H groups in total. The Morgan fingerprint density at radius 1 is 1.39 bits per heavy atom. The molecule has 0 bridgehead atoms. The molecule has 0 aliphatic heterocycles. The van der Waals surface area contributed by atoms with E-state index in [4.69, 9.17) is 10.8 Å². The minimum absolute atomic E-state index is 0.000506. The number of aromatic carboxylic acids is 1. The number of pyridine rings is 1. The Balaban J connectivity index is 2.45. The fourth-order valence-electron chi connectivity index (χ4n) is 1.39. The molecule has 2 rings (SSSR count). The van der Waals surface area contributed by atoms with E-state index in [9.17, 15) is 9.59 Å². The first-order valence-corrected chi connectivity index (χ1v) is 5.74. The Labute approximate surface area is 106 Å². The number of aromatic nitrogens is 1.